The molecule has 0 saturated heterocycles. The van der Waals surface area contributed by atoms with Crippen LogP contribution in [0.4, 0.5) is 0 Å². The fourth-order valence-electron chi connectivity index (χ4n) is 2.13. The summed E-state index contributed by atoms with van der Waals surface area (Å²) in [6, 6.07) is 12.0. The van der Waals surface area contributed by atoms with Crippen LogP contribution in [-0.4, -0.2) is 4.98 Å². The molecule has 1 aromatic heterocycles. The van der Waals surface area contributed by atoms with Crippen molar-refractivity contribution in [2.75, 3.05) is 0 Å². The third kappa shape index (κ3) is 3.36. The summed E-state index contributed by atoms with van der Waals surface area (Å²) in [7, 11) is 0. The Bertz CT molecular complexity index is 557. The molecule has 3 nitrogen and oxygen atoms in total. The second-order valence-electron chi connectivity index (χ2n) is 5.16. The number of pyridine rings is 1. The molecule has 0 amide bonds. The minimum Gasteiger partial charge on any atom is -0.439 e. The molecular formula is C17H22N2O. The molecule has 0 aliphatic heterocycles. The van der Waals surface area contributed by atoms with Gasteiger partial charge in [-0.05, 0) is 35.6 Å². The summed E-state index contributed by atoms with van der Waals surface area (Å²) in [5, 5.41) is 0. The highest BCUT2D eigenvalue weighted by molar-refractivity contribution is 5.39. The maximum absolute atomic E-state index is 5.99. The predicted molar refractivity (Wildman–Crippen MR) is 82.1 cm³/mol. The first-order valence-electron chi connectivity index (χ1n) is 7.10. The number of aryl methyl sites for hydroxylation is 1. The molecule has 1 aromatic carbocycles. The minimum atomic E-state index is 0.412. The van der Waals surface area contributed by atoms with Gasteiger partial charge in [-0.1, -0.05) is 39.0 Å². The van der Waals surface area contributed by atoms with Crippen LogP contribution < -0.4 is 10.5 Å². The van der Waals surface area contributed by atoms with Crippen molar-refractivity contribution in [2.24, 2.45) is 5.73 Å². The summed E-state index contributed by atoms with van der Waals surface area (Å²) >= 11 is 0. The lowest BCUT2D eigenvalue weighted by Crippen LogP contribution is -2.02. The number of aromatic nitrogens is 1. The summed E-state index contributed by atoms with van der Waals surface area (Å²) in [5.74, 6) is 1.90. The summed E-state index contributed by atoms with van der Waals surface area (Å²) in [6.45, 7) is 6.89. The van der Waals surface area contributed by atoms with Gasteiger partial charge in [0.1, 0.15) is 5.75 Å². The number of hydrogen-bond acceptors (Lipinski definition) is 3. The van der Waals surface area contributed by atoms with Crippen LogP contribution in [0.5, 0.6) is 11.6 Å². The van der Waals surface area contributed by atoms with Crippen molar-refractivity contribution in [1.82, 2.24) is 4.98 Å². The number of hydrogen-bond donors (Lipinski definition) is 1. The van der Waals surface area contributed by atoms with Gasteiger partial charge < -0.3 is 10.5 Å². The number of nitrogens with two attached hydrogens (primary N) is 1. The monoisotopic (exact) mass is 270 g/mol. The largest absolute Gasteiger partial charge is 0.439 e. The zero-order chi connectivity index (χ0) is 14.5. The zero-order valence-electron chi connectivity index (χ0n) is 12.4. The Morgan fingerprint density at radius 2 is 1.95 bits per heavy atom. The quantitative estimate of drug-likeness (QED) is 0.892. The van der Waals surface area contributed by atoms with Gasteiger partial charge in [-0.2, -0.15) is 0 Å². The Balaban J connectivity index is 2.34. The second kappa shape index (κ2) is 6.53. The molecule has 0 spiro atoms. The average molecular weight is 270 g/mol. The summed E-state index contributed by atoms with van der Waals surface area (Å²) in [6.07, 6.45) is 0.871. The first-order chi connectivity index (χ1) is 9.63. The first kappa shape index (κ1) is 14.5. The van der Waals surface area contributed by atoms with Gasteiger partial charge in [-0.3, -0.25) is 0 Å². The fourth-order valence-corrected chi connectivity index (χ4v) is 2.13. The molecule has 2 N–H and O–H groups in total. The number of benzene rings is 1. The van der Waals surface area contributed by atoms with Crippen molar-refractivity contribution in [1.29, 1.82) is 0 Å². The van der Waals surface area contributed by atoms with Crippen molar-refractivity contribution in [2.45, 2.75) is 39.7 Å². The van der Waals surface area contributed by atoms with E-state index >= 15 is 0 Å². The Hall–Kier alpha value is -1.87. The van der Waals surface area contributed by atoms with E-state index in [0.29, 0.717) is 18.3 Å². The third-order valence-electron chi connectivity index (χ3n) is 3.27. The van der Waals surface area contributed by atoms with E-state index in [1.807, 2.05) is 30.3 Å². The van der Waals surface area contributed by atoms with Crippen LogP contribution in [0.1, 0.15) is 43.5 Å². The molecule has 0 unspecified atom stereocenters. The summed E-state index contributed by atoms with van der Waals surface area (Å²) in [4.78, 5) is 4.52. The van der Waals surface area contributed by atoms with Gasteiger partial charge in [-0.25, -0.2) is 4.98 Å². The Morgan fingerprint density at radius 3 is 2.60 bits per heavy atom. The topological polar surface area (TPSA) is 48.1 Å². The highest BCUT2D eigenvalue weighted by Gasteiger charge is 2.09. The molecular weight excluding hydrogens is 248 g/mol. The van der Waals surface area contributed by atoms with Gasteiger partial charge >= 0.3 is 0 Å². The van der Waals surface area contributed by atoms with E-state index in [2.05, 4.69) is 31.8 Å². The van der Waals surface area contributed by atoms with E-state index in [4.69, 9.17) is 10.5 Å². The van der Waals surface area contributed by atoms with Crippen molar-refractivity contribution in [3.63, 3.8) is 0 Å². The molecule has 20 heavy (non-hydrogen) atoms. The number of nitrogens with zero attached hydrogens (tertiary/aromatic N) is 1. The standard InChI is InChI=1S/C17H22N2O/c1-4-14-9-13(11-18)10-17(19-14)20-16-8-6-5-7-15(16)12(2)3/h5-10,12H,4,11,18H2,1-3H3. The molecule has 0 atom stereocenters. The molecule has 0 radical (unpaired) electrons. The van der Waals surface area contributed by atoms with E-state index in [1.54, 1.807) is 0 Å². The molecule has 2 aromatic rings. The van der Waals surface area contributed by atoms with Crippen LogP contribution in [0.3, 0.4) is 0 Å². The maximum Gasteiger partial charge on any atom is 0.219 e. The SMILES string of the molecule is CCc1cc(CN)cc(Oc2ccccc2C(C)C)n1. The van der Waals surface area contributed by atoms with E-state index in [9.17, 15) is 0 Å². The Labute approximate surface area is 120 Å². The molecule has 2 rings (SSSR count). The van der Waals surface area contributed by atoms with Gasteiger partial charge in [-0.15, -0.1) is 0 Å². The minimum absolute atomic E-state index is 0.412. The Morgan fingerprint density at radius 1 is 1.20 bits per heavy atom. The van der Waals surface area contributed by atoms with Gasteiger partial charge in [0.05, 0.1) is 0 Å². The molecule has 0 aliphatic carbocycles. The number of rotatable bonds is 5. The summed E-state index contributed by atoms with van der Waals surface area (Å²) in [5.41, 5.74) is 8.97. The lowest BCUT2D eigenvalue weighted by molar-refractivity contribution is 0.451. The maximum atomic E-state index is 5.99. The lowest BCUT2D eigenvalue weighted by atomic mass is 10.0. The van der Waals surface area contributed by atoms with Gasteiger partial charge in [0.15, 0.2) is 0 Å². The molecule has 0 bridgehead atoms. The van der Waals surface area contributed by atoms with Crippen LogP contribution in [0, 0.1) is 0 Å². The highest BCUT2D eigenvalue weighted by Crippen LogP contribution is 2.30. The zero-order valence-corrected chi connectivity index (χ0v) is 12.4. The number of para-hydroxylation sites is 1. The molecule has 0 fully saturated rings. The van der Waals surface area contributed by atoms with Crippen LogP contribution in [-0.2, 0) is 13.0 Å². The van der Waals surface area contributed by atoms with Crippen molar-refractivity contribution >= 4 is 0 Å². The van der Waals surface area contributed by atoms with E-state index in [1.165, 1.54) is 5.56 Å². The van der Waals surface area contributed by atoms with E-state index < -0.39 is 0 Å². The average Bonchev–Trinajstić information content (AvgIpc) is 2.47. The van der Waals surface area contributed by atoms with Gasteiger partial charge in [0.2, 0.25) is 5.88 Å². The van der Waals surface area contributed by atoms with Crippen LogP contribution in [0.15, 0.2) is 36.4 Å². The van der Waals surface area contributed by atoms with Crippen molar-refractivity contribution in [3.05, 3.63) is 53.2 Å². The van der Waals surface area contributed by atoms with Crippen LogP contribution >= 0.6 is 0 Å². The predicted octanol–water partition coefficient (Wildman–Crippen LogP) is 4.02. The van der Waals surface area contributed by atoms with E-state index in [0.717, 1.165) is 23.4 Å². The summed E-state index contributed by atoms with van der Waals surface area (Å²) < 4.78 is 5.99. The normalized spacial score (nSPS) is 10.8. The lowest BCUT2D eigenvalue weighted by Gasteiger charge is -2.14. The molecule has 106 valence electrons. The van der Waals surface area contributed by atoms with E-state index in [-0.39, 0.29) is 0 Å². The third-order valence-corrected chi connectivity index (χ3v) is 3.27. The fraction of sp³-hybridized carbons (Fsp3) is 0.353. The highest BCUT2D eigenvalue weighted by atomic mass is 16.5. The first-order valence-corrected chi connectivity index (χ1v) is 7.10. The smallest absolute Gasteiger partial charge is 0.219 e. The molecule has 0 aliphatic rings. The molecule has 1 heterocycles. The van der Waals surface area contributed by atoms with Crippen molar-refractivity contribution < 1.29 is 4.74 Å². The number of ether oxygens (including phenoxy) is 1. The Kier molecular flexibility index (Phi) is 4.74. The van der Waals surface area contributed by atoms with Crippen LogP contribution in [0.2, 0.25) is 0 Å². The van der Waals surface area contributed by atoms with Crippen molar-refractivity contribution in [3.8, 4) is 11.6 Å². The second-order valence-corrected chi connectivity index (χ2v) is 5.16. The van der Waals surface area contributed by atoms with Gasteiger partial charge in [0.25, 0.3) is 0 Å². The molecule has 0 saturated carbocycles. The van der Waals surface area contributed by atoms with Crippen LogP contribution in [0.25, 0.3) is 0 Å². The molecule has 3 heteroatoms. The van der Waals surface area contributed by atoms with Gasteiger partial charge in [0, 0.05) is 18.3 Å².